The minimum atomic E-state index is -0.539. The zero-order valence-corrected chi connectivity index (χ0v) is 16.6. The van der Waals surface area contributed by atoms with Crippen LogP contribution in [0, 0.1) is 0 Å². The van der Waals surface area contributed by atoms with Gasteiger partial charge in [-0.25, -0.2) is 9.59 Å². The van der Waals surface area contributed by atoms with E-state index in [0.29, 0.717) is 13.1 Å². The fourth-order valence-electron chi connectivity index (χ4n) is 4.10. The summed E-state index contributed by atoms with van der Waals surface area (Å²) in [6.07, 6.45) is 0.457. The number of ether oxygens (including phenoxy) is 2. The third kappa shape index (κ3) is 4.16. The highest BCUT2D eigenvalue weighted by atomic mass is 16.6. The SMILES string of the molecule is C=CCOC(=O)N[C@H]1CNC[C@@H]1NC(=O)OCC1c2ccccc2-c2ccccc21. The molecule has 1 saturated heterocycles. The molecule has 30 heavy (non-hydrogen) atoms. The Hall–Kier alpha value is -3.32. The van der Waals surface area contributed by atoms with Gasteiger partial charge in [-0.2, -0.15) is 0 Å². The van der Waals surface area contributed by atoms with Crippen LogP contribution in [0.1, 0.15) is 17.0 Å². The van der Waals surface area contributed by atoms with E-state index in [1.54, 1.807) is 0 Å². The summed E-state index contributed by atoms with van der Waals surface area (Å²) < 4.78 is 10.5. The van der Waals surface area contributed by atoms with E-state index in [4.69, 9.17) is 9.47 Å². The molecule has 1 aliphatic heterocycles. The number of amides is 2. The first-order valence-electron chi connectivity index (χ1n) is 10.0. The normalized spacial score (nSPS) is 19.5. The Balaban J connectivity index is 1.35. The molecule has 0 radical (unpaired) electrons. The molecule has 7 nitrogen and oxygen atoms in total. The molecule has 0 bridgehead atoms. The van der Waals surface area contributed by atoms with Crippen LogP contribution in [0.4, 0.5) is 9.59 Å². The van der Waals surface area contributed by atoms with E-state index in [9.17, 15) is 9.59 Å². The molecular weight excluding hydrogens is 382 g/mol. The van der Waals surface area contributed by atoms with Crippen molar-refractivity contribution in [2.75, 3.05) is 26.3 Å². The van der Waals surface area contributed by atoms with E-state index in [1.165, 1.54) is 28.3 Å². The van der Waals surface area contributed by atoms with Crippen LogP contribution >= 0.6 is 0 Å². The predicted octanol–water partition coefficient (Wildman–Crippen LogP) is 2.78. The molecule has 4 rings (SSSR count). The van der Waals surface area contributed by atoms with Crippen LogP contribution in [0.25, 0.3) is 11.1 Å². The monoisotopic (exact) mass is 407 g/mol. The van der Waals surface area contributed by atoms with Gasteiger partial charge in [0.1, 0.15) is 13.2 Å². The molecule has 156 valence electrons. The molecule has 0 unspecified atom stereocenters. The quantitative estimate of drug-likeness (QED) is 0.641. The maximum atomic E-state index is 12.5. The lowest BCUT2D eigenvalue weighted by Gasteiger charge is -2.21. The number of hydrogen-bond acceptors (Lipinski definition) is 5. The van der Waals surface area contributed by atoms with Crippen molar-refractivity contribution in [1.29, 1.82) is 0 Å². The first kappa shape index (κ1) is 20.0. The topological polar surface area (TPSA) is 88.7 Å². The fraction of sp³-hybridized carbons (Fsp3) is 0.304. The summed E-state index contributed by atoms with van der Waals surface area (Å²) in [6.45, 7) is 4.97. The number of carbonyl (C=O) groups is 2. The number of rotatable bonds is 6. The number of hydrogen-bond donors (Lipinski definition) is 3. The molecule has 3 N–H and O–H groups in total. The van der Waals surface area contributed by atoms with Crippen molar-refractivity contribution < 1.29 is 19.1 Å². The van der Waals surface area contributed by atoms with Crippen LogP contribution in [-0.2, 0) is 9.47 Å². The van der Waals surface area contributed by atoms with Gasteiger partial charge in [-0.1, -0.05) is 61.2 Å². The highest BCUT2D eigenvalue weighted by molar-refractivity contribution is 5.79. The molecule has 7 heteroatoms. The molecule has 2 aromatic carbocycles. The summed E-state index contributed by atoms with van der Waals surface area (Å²) in [5, 5.41) is 8.75. The van der Waals surface area contributed by atoms with Gasteiger partial charge in [0.25, 0.3) is 0 Å². The molecule has 1 heterocycles. The van der Waals surface area contributed by atoms with Crippen molar-refractivity contribution in [2.24, 2.45) is 0 Å². The minimum absolute atomic E-state index is 0.00709. The van der Waals surface area contributed by atoms with E-state index < -0.39 is 12.2 Å². The third-order valence-corrected chi connectivity index (χ3v) is 5.50. The largest absolute Gasteiger partial charge is 0.449 e. The molecule has 2 atom stereocenters. The molecule has 2 amide bonds. The van der Waals surface area contributed by atoms with Crippen molar-refractivity contribution in [3.8, 4) is 11.1 Å². The summed E-state index contributed by atoms with van der Waals surface area (Å²) in [5.41, 5.74) is 4.70. The second kappa shape index (κ2) is 9.00. The van der Waals surface area contributed by atoms with Gasteiger partial charge in [-0.05, 0) is 22.3 Å². The van der Waals surface area contributed by atoms with Gasteiger partial charge >= 0.3 is 12.2 Å². The van der Waals surface area contributed by atoms with Gasteiger partial charge in [0.05, 0.1) is 12.1 Å². The van der Waals surface area contributed by atoms with Crippen molar-refractivity contribution in [3.63, 3.8) is 0 Å². The smallest absolute Gasteiger partial charge is 0.407 e. The predicted molar refractivity (Wildman–Crippen MR) is 113 cm³/mol. The molecule has 2 aliphatic rings. The van der Waals surface area contributed by atoms with Gasteiger partial charge in [0.2, 0.25) is 0 Å². The molecule has 0 saturated carbocycles. The summed E-state index contributed by atoms with van der Waals surface area (Å²) in [6, 6.07) is 15.8. The lowest BCUT2D eigenvalue weighted by atomic mass is 9.98. The number of nitrogens with one attached hydrogen (secondary N) is 3. The molecular formula is C23H25N3O4. The third-order valence-electron chi connectivity index (χ3n) is 5.50. The second-order valence-corrected chi connectivity index (χ2v) is 7.37. The second-order valence-electron chi connectivity index (χ2n) is 7.37. The number of carbonyl (C=O) groups excluding carboxylic acids is 2. The summed E-state index contributed by atoms with van der Waals surface area (Å²) in [4.78, 5) is 24.2. The van der Waals surface area contributed by atoms with Crippen molar-refractivity contribution in [3.05, 3.63) is 72.3 Å². The van der Waals surface area contributed by atoms with E-state index in [-0.39, 0.29) is 31.2 Å². The standard InChI is InChI=1S/C23H25N3O4/c1-2-11-29-22(27)25-20-12-24-13-21(20)26-23(28)30-14-19-17-9-5-3-7-15(17)16-8-4-6-10-18(16)19/h2-10,19-21,24H,1,11-14H2,(H,25,27)(H,26,28)/t20-,21-/m0/s1. The summed E-state index contributed by atoms with van der Waals surface area (Å²) >= 11 is 0. The van der Waals surface area contributed by atoms with E-state index in [2.05, 4.69) is 46.8 Å². The van der Waals surface area contributed by atoms with Crippen LogP contribution in [0.5, 0.6) is 0 Å². The van der Waals surface area contributed by atoms with E-state index in [1.807, 2.05) is 24.3 Å². The van der Waals surface area contributed by atoms with Crippen molar-refractivity contribution >= 4 is 12.2 Å². The average molecular weight is 407 g/mol. The lowest BCUT2D eigenvalue weighted by molar-refractivity contribution is 0.135. The zero-order chi connectivity index (χ0) is 20.9. The molecule has 0 aromatic heterocycles. The first-order valence-corrected chi connectivity index (χ1v) is 10.0. The van der Waals surface area contributed by atoms with Crippen LogP contribution in [0.3, 0.4) is 0 Å². The Labute approximate surface area is 175 Å². The zero-order valence-electron chi connectivity index (χ0n) is 16.6. The van der Waals surface area contributed by atoms with Gasteiger partial charge in [-0.3, -0.25) is 0 Å². The van der Waals surface area contributed by atoms with Gasteiger partial charge < -0.3 is 25.4 Å². The Morgan fingerprint density at radius 3 is 2.03 bits per heavy atom. The number of benzene rings is 2. The summed E-state index contributed by atoms with van der Waals surface area (Å²) in [5.74, 6) is 0.00709. The van der Waals surface area contributed by atoms with Gasteiger partial charge in [-0.15, -0.1) is 0 Å². The highest BCUT2D eigenvalue weighted by Crippen LogP contribution is 2.44. The lowest BCUT2D eigenvalue weighted by Crippen LogP contribution is -2.51. The molecule has 0 spiro atoms. The molecule has 2 aromatic rings. The van der Waals surface area contributed by atoms with Gasteiger partial charge in [0, 0.05) is 19.0 Å². The molecule has 1 aliphatic carbocycles. The summed E-state index contributed by atoms with van der Waals surface area (Å²) in [7, 11) is 0. The highest BCUT2D eigenvalue weighted by Gasteiger charge is 2.32. The number of alkyl carbamates (subject to hydrolysis) is 2. The minimum Gasteiger partial charge on any atom is -0.449 e. The Kier molecular flexibility index (Phi) is 5.99. The van der Waals surface area contributed by atoms with Crippen LogP contribution in [0.2, 0.25) is 0 Å². The van der Waals surface area contributed by atoms with E-state index >= 15 is 0 Å². The Morgan fingerprint density at radius 2 is 1.47 bits per heavy atom. The Morgan fingerprint density at radius 1 is 0.933 bits per heavy atom. The van der Waals surface area contributed by atoms with Gasteiger partial charge in [0.15, 0.2) is 0 Å². The maximum Gasteiger partial charge on any atom is 0.407 e. The van der Waals surface area contributed by atoms with Crippen LogP contribution < -0.4 is 16.0 Å². The van der Waals surface area contributed by atoms with Crippen molar-refractivity contribution in [2.45, 2.75) is 18.0 Å². The number of fused-ring (bicyclic) bond motifs is 3. The Bertz CT molecular complexity index is 900. The first-order chi connectivity index (χ1) is 14.7. The maximum absolute atomic E-state index is 12.5. The van der Waals surface area contributed by atoms with Crippen molar-refractivity contribution in [1.82, 2.24) is 16.0 Å². The fourth-order valence-corrected chi connectivity index (χ4v) is 4.10. The van der Waals surface area contributed by atoms with Crippen LogP contribution in [-0.4, -0.2) is 50.6 Å². The van der Waals surface area contributed by atoms with Crippen LogP contribution in [0.15, 0.2) is 61.2 Å². The van der Waals surface area contributed by atoms with E-state index in [0.717, 1.165) is 0 Å². The average Bonchev–Trinajstić information content (AvgIpc) is 3.32. The molecule has 1 fully saturated rings.